The molecule has 0 bridgehead atoms. The Morgan fingerprint density at radius 2 is 2.00 bits per heavy atom. The maximum Gasteiger partial charge on any atom is 0.263 e. The molecule has 0 N–H and O–H groups in total. The van der Waals surface area contributed by atoms with Gasteiger partial charge in [-0.15, -0.1) is 0 Å². The van der Waals surface area contributed by atoms with Crippen LogP contribution in [0.25, 0.3) is 0 Å². The van der Waals surface area contributed by atoms with Crippen LogP contribution in [0.4, 0.5) is 0 Å². The van der Waals surface area contributed by atoms with Crippen LogP contribution in [0, 0.1) is 0 Å². The van der Waals surface area contributed by atoms with Gasteiger partial charge in [-0.3, -0.25) is 4.79 Å². The zero-order chi connectivity index (χ0) is 13.1. The minimum Gasteiger partial charge on any atom is -0.461 e. The van der Waals surface area contributed by atoms with Crippen molar-refractivity contribution in [3.63, 3.8) is 0 Å². The third-order valence-corrected chi connectivity index (χ3v) is 2.86. The highest BCUT2D eigenvalue weighted by Crippen LogP contribution is 2.11. The fourth-order valence-electron chi connectivity index (χ4n) is 1.94. The summed E-state index contributed by atoms with van der Waals surface area (Å²) in [6.07, 6.45) is 4.90. The molecule has 2 heterocycles. The molecule has 3 rings (SSSR count). The van der Waals surface area contributed by atoms with Crippen LogP contribution >= 0.6 is 0 Å². The van der Waals surface area contributed by atoms with Crippen molar-refractivity contribution in [2.45, 2.75) is 6.54 Å². The molecular formula is C15H12N2O2. The first-order valence-corrected chi connectivity index (χ1v) is 5.98. The Bertz CT molecular complexity index is 669. The van der Waals surface area contributed by atoms with E-state index in [9.17, 15) is 4.79 Å². The molecular weight excluding hydrogens is 240 g/mol. The topological polar surface area (TPSA) is 48.0 Å². The van der Waals surface area contributed by atoms with E-state index >= 15 is 0 Å². The summed E-state index contributed by atoms with van der Waals surface area (Å²) < 4.78 is 6.94. The van der Waals surface area contributed by atoms with Crippen LogP contribution in [0.1, 0.15) is 21.9 Å². The van der Waals surface area contributed by atoms with Crippen LogP contribution in [0.2, 0.25) is 0 Å². The number of imidazole rings is 1. The third kappa shape index (κ3) is 2.33. The molecule has 2 aromatic heterocycles. The summed E-state index contributed by atoms with van der Waals surface area (Å²) in [4.78, 5) is 16.3. The molecule has 19 heavy (non-hydrogen) atoms. The third-order valence-electron chi connectivity index (χ3n) is 2.86. The lowest BCUT2D eigenvalue weighted by Crippen LogP contribution is -2.11. The van der Waals surface area contributed by atoms with Gasteiger partial charge in [0, 0.05) is 18.9 Å². The molecule has 1 aromatic carbocycles. The van der Waals surface area contributed by atoms with Crippen LogP contribution in [0.5, 0.6) is 0 Å². The Hall–Kier alpha value is -2.62. The Morgan fingerprint density at radius 1 is 1.16 bits per heavy atom. The summed E-state index contributed by atoms with van der Waals surface area (Å²) in [6.45, 7) is 0.614. The maximum atomic E-state index is 12.2. The first-order valence-electron chi connectivity index (χ1n) is 5.98. The number of hydrogen-bond acceptors (Lipinski definition) is 3. The van der Waals surface area contributed by atoms with E-state index in [4.69, 9.17) is 4.42 Å². The highest BCUT2D eigenvalue weighted by Gasteiger charge is 2.17. The minimum absolute atomic E-state index is 0.203. The zero-order valence-electron chi connectivity index (χ0n) is 10.2. The molecule has 0 saturated heterocycles. The summed E-state index contributed by atoms with van der Waals surface area (Å²) in [5, 5.41) is 0. The normalized spacial score (nSPS) is 10.5. The summed E-state index contributed by atoms with van der Waals surface area (Å²) >= 11 is 0. The number of aromatic nitrogens is 2. The summed E-state index contributed by atoms with van der Waals surface area (Å²) in [7, 11) is 0. The largest absolute Gasteiger partial charge is 0.461 e. The van der Waals surface area contributed by atoms with Crippen molar-refractivity contribution in [3.8, 4) is 0 Å². The number of hydrogen-bond donors (Lipinski definition) is 0. The molecule has 4 nitrogen and oxygen atoms in total. The number of carbonyl (C=O) groups is 1. The SMILES string of the molecule is O=C(c1ccco1)c1nccn1Cc1ccccc1. The molecule has 0 spiro atoms. The Morgan fingerprint density at radius 3 is 2.74 bits per heavy atom. The smallest absolute Gasteiger partial charge is 0.263 e. The predicted octanol–water partition coefficient (Wildman–Crippen LogP) is 2.76. The lowest BCUT2D eigenvalue weighted by Gasteiger charge is -2.06. The second-order valence-corrected chi connectivity index (χ2v) is 4.17. The molecule has 0 atom stereocenters. The summed E-state index contributed by atoms with van der Waals surface area (Å²) in [5.41, 5.74) is 1.12. The van der Waals surface area contributed by atoms with Gasteiger partial charge < -0.3 is 8.98 Å². The highest BCUT2D eigenvalue weighted by atomic mass is 16.3. The molecule has 0 unspecified atom stereocenters. The number of rotatable bonds is 4. The van der Waals surface area contributed by atoms with Crippen molar-refractivity contribution < 1.29 is 9.21 Å². The average Bonchev–Trinajstić information content (AvgIpc) is 3.10. The van der Waals surface area contributed by atoms with E-state index in [-0.39, 0.29) is 5.78 Å². The number of carbonyl (C=O) groups excluding carboxylic acids is 1. The lowest BCUT2D eigenvalue weighted by atomic mass is 10.2. The monoisotopic (exact) mass is 252 g/mol. The molecule has 94 valence electrons. The molecule has 3 aromatic rings. The summed E-state index contributed by atoms with van der Waals surface area (Å²) in [5.74, 6) is 0.491. The molecule has 0 aliphatic carbocycles. The van der Waals surface area contributed by atoms with E-state index in [1.165, 1.54) is 6.26 Å². The second-order valence-electron chi connectivity index (χ2n) is 4.17. The summed E-state index contributed by atoms with van der Waals surface area (Å²) in [6, 6.07) is 13.3. The Balaban J connectivity index is 1.89. The zero-order valence-corrected chi connectivity index (χ0v) is 10.2. The van der Waals surface area contributed by atoms with E-state index in [0.717, 1.165) is 5.56 Å². The average molecular weight is 252 g/mol. The van der Waals surface area contributed by atoms with Crippen molar-refractivity contribution in [1.82, 2.24) is 9.55 Å². The lowest BCUT2D eigenvalue weighted by molar-refractivity contribution is 0.0996. The fraction of sp³-hybridized carbons (Fsp3) is 0.0667. The van der Waals surface area contributed by atoms with E-state index in [1.807, 2.05) is 34.9 Å². The molecule has 0 aliphatic heterocycles. The molecule has 0 saturated carbocycles. The van der Waals surface area contributed by atoms with Crippen LogP contribution in [0.15, 0.2) is 65.5 Å². The van der Waals surface area contributed by atoms with E-state index in [2.05, 4.69) is 4.98 Å². The number of ketones is 1. The number of nitrogens with zero attached hydrogens (tertiary/aromatic N) is 2. The molecule has 4 heteroatoms. The molecule has 0 amide bonds. The van der Waals surface area contributed by atoms with Gasteiger partial charge in [-0.05, 0) is 17.7 Å². The van der Waals surface area contributed by atoms with Crippen molar-refractivity contribution in [1.29, 1.82) is 0 Å². The van der Waals surface area contributed by atoms with Crippen LogP contribution in [-0.2, 0) is 6.54 Å². The van der Waals surface area contributed by atoms with Crippen LogP contribution in [-0.4, -0.2) is 15.3 Å². The predicted molar refractivity (Wildman–Crippen MR) is 69.9 cm³/mol. The standard InChI is InChI=1S/C15H12N2O2/c18-14(13-7-4-10-19-13)15-16-8-9-17(15)11-12-5-2-1-3-6-12/h1-10H,11H2. The Kier molecular flexibility index (Phi) is 2.98. The van der Waals surface area contributed by atoms with Crippen molar-refractivity contribution in [3.05, 3.63) is 78.3 Å². The second kappa shape index (κ2) is 4.94. The molecule has 0 radical (unpaired) electrons. The quantitative estimate of drug-likeness (QED) is 0.671. The van der Waals surface area contributed by atoms with E-state index < -0.39 is 0 Å². The fourth-order valence-corrected chi connectivity index (χ4v) is 1.94. The van der Waals surface area contributed by atoms with Crippen LogP contribution in [0.3, 0.4) is 0 Å². The van der Waals surface area contributed by atoms with Crippen molar-refractivity contribution in [2.75, 3.05) is 0 Å². The van der Waals surface area contributed by atoms with Gasteiger partial charge in [0.1, 0.15) is 0 Å². The van der Waals surface area contributed by atoms with Crippen molar-refractivity contribution in [2.24, 2.45) is 0 Å². The number of furan rings is 1. The van der Waals surface area contributed by atoms with Gasteiger partial charge in [0.2, 0.25) is 0 Å². The Labute approximate surface area is 110 Å². The minimum atomic E-state index is -0.203. The molecule has 0 fully saturated rings. The van der Waals surface area contributed by atoms with Gasteiger partial charge >= 0.3 is 0 Å². The van der Waals surface area contributed by atoms with Crippen LogP contribution < -0.4 is 0 Å². The van der Waals surface area contributed by atoms with Gasteiger partial charge in [-0.2, -0.15) is 0 Å². The molecule has 0 aliphatic rings. The van der Waals surface area contributed by atoms with Gasteiger partial charge in [-0.25, -0.2) is 4.98 Å². The highest BCUT2D eigenvalue weighted by molar-refractivity contribution is 6.04. The van der Waals surface area contributed by atoms with Gasteiger partial charge in [-0.1, -0.05) is 30.3 Å². The maximum absolute atomic E-state index is 12.2. The van der Waals surface area contributed by atoms with Gasteiger partial charge in [0.15, 0.2) is 11.6 Å². The van der Waals surface area contributed by atoms with Crippen molar-refractivity contribution >= 4 is 5.78 Å². The van der Waals surface area contributed by atoms with E-state index in [0.29, 0.717) is 18.1 Å². The van der Waals surface area contributed by atoms with E-state index in [1.54, 1.807) is 24.5 Å². The first kappa shape index (κ1) is 11.5. The first-order chi connectivity index (χ1) is 9.34. The van der Waals surface area contributed by atoms with Gasteiger partial charge in [0.25, 0.3) is 5.78 Å². The number of benzene rings is 1. The van der Waals surface area contributed by atoms with Gasteiger partial charge in [0.05, 0.1) is 6.26 Å².